The van der Waals surface area contributed by atoms with Gasteiger partial charge in [-0.1, -0.05) is 31.9 Å². The zero-order valence-electron chi connectivity index (χ0n) is 7.59. The summed E-state index contributed by atoms with van der Waals surface area (Å²) in [7, 11) is 1.37. The average Bonchev–Trinajstić information content (AvgIpc) is 2.27. The van der Waals surface area contributed by atoms with E-state index >= 15 is 0 Å². The lowest BCUT2D eigenvalue weighted by Gasteiger charge is -2.04. The van der Waals surface area contributed by atoms with Crippen molar-refractivity contribution >= 4 is 37.8 Å². The zero-order valence-corrected chi connectivity index (χ0v) is 10.8. The molecule has 1 heterocycles. The minimum atomic E-state index is -0.336. The maximum atomic E-state index is 11.3. The number of carbonyl (C=O) groups excluding carboxylic acids is 1. The predicted octanol–water partition coefficient (Wildman–Crippen LogP) is 2.66. The van der Waals surface area contributed by atoms with Crippen LogP contribution in [-0.4, -0.2) is 18.1 Å². The van der Waals surface area contributed by atoms with Gasteiger partial charge in [0.1, 0.15) is 0 Å². The summed E-state index contributed by atoms with van der Waals surface area (Å²) in [5.41, 5.74) is 2.18. The number of pyridine rings is 1. The number of carbonyl (C=O) groups is 1. The first-order chi connectivity index (χ1) is 6.71. The van der Waals surface area contributed by atoms with Gasteiger partial charge in [0, 0.05) is 10.7 Å². The molecule has 0 aliphatic carbocycles. The molecular formula is C9H9Br2NO2. The number of nitrogens with zero attached hydrogens (tertiary/aromatic N) is 1. The molecule has 0 saturated heterocycles. The highest BCUT2D eigenvalue weighted by Crippen LogP contribution is 2.12. The van der Waals surface area contributed by atoms with Crippen LogP contribution in [0.25, 0.3) is 0 Å². The molecule has 1 aromatic heterocycles. The van der Waals surface area contributed by atoms with E-state index < -0.39 is 0 Å². The van der Waals surface area contributed by atoms with Gasteiger partial charge in [-0.05, 0) is 12.1 Å². The van der Waals surface area contributed by atoms with Crippen LogP contribution in [0.2, 0.25) is 0 Å². The number of alkyl halides is 2. The van der Waals surface area contributed by atoms with E-state index in [-0.39, 0.29) is 5.97 Å². The van der Waals surface area contributed by atoms with Gasteiger partial charge in [-0.2, -0.15) is 0 Å². The van der Waals surface area contributed by atoms with Crippen LogP contribution in [0.3, 0.4) is 0 Å². The Morgan fingerprint density at radius 1 is 1.36 bits per heavy atom. The van der Waals surface area contributed by atoms with E-state index in [1.165, 1.54) is 7.11 Å². The fraction of sp³-hybridized carbons (Fsp3) is 0.333. The molecule has 0 saturated carbocycles. The Balaban J connectivity index is 3.10. The molecule has 0 atom stereocenters. The monoisotopic (exact) mass is 321 g/mol. The molecule has 0 bridgehead atoms. The number of hydrogen-bond acceptors (Lipinski definition) is 3. The van der Waals surface area contributed by atoms with Gasteiger partial charge in [0.05, 0.1) is 24.1 Å². The normalized spacial score (nSPS) is 9.93. The quantitative estimate of drug-likeness (QED) is 0.634. The van der Waals surface area contributed by atoms with E-state index in [1.807, 2.05) is 0 Å². The molecule has 0 amide bonds. The van der Waals surface area contributed by atoms with Gasteiger partial charge >= 0.3 is 5.97 Å². The Morgan fingerprint density at radius 3 is 2.21 bits per heavy atom. The second-order valence-electron chi connectivity index (χ2n) is 2.60. The van der Waals surface area contributed by atoms with Gasteiger partial charge in [0.15, 0.2) is 0 Å². The molecule has 0 aromatic carbocycles. The van der Waals surface area contributed by atoms with E-state index in [1.54, 1.807) is 12.1 Å². The minimum Gasteiger partial charge on any atom is -0.465 e. The molecule has 0 radical (unpaired) electrons. The Labute approximate surface area is 99.1 Å². The standard InChI is InChI=1S/C9H9Br2NO2/c1-14-9(13)6-2-7(4-10)12-8(3-6)5-11/h2-3H,4-5H2,1H3. The number of esters is 1. The van der Waals surface area contributed by atoms with Crippen molar-refractivity contribution < 1.29 is 9.53 Å². The Hall–Kier alpha value is -0.420. The first-order valence-electron chi connectivity index (χ1n) is 3.91. The van der Waals surface area contributed by atoms with Crippen LogP contribution in [0.5, 0.6) is 0 Å². The SMILES string of the molecule is COC(=O)c1cc(CBr)nc(CBr)c1. The second kappa shape index (κ2) is 5.46. The zero-order chi connectivity index (χ0) is 10.6. The van der Waals surface area contributed by atoms with Gasteiger partial charge in [-0.15, -0.1) is 0 Å². The molecule has 76 valence electrons. The van der Waals surface area contributed by atoms with Crippen molar-refractivity contribution in [1.29, 1.82) is 0 Å². The molecule has 3 nitrogen and oxygen atoms in total. The van der Waals surface area contributed by atoms with Crippen molar-refractivity contribution in [2.45, 2.75) is 10.7 Å². The van der Waals surface area contributed by atoms with Crippen LogP contribution >= 0.6 is 31.9 Å². The molecule has 5 heteroatoms. The number of aromatic nitrogens is 1. The predicted molar refractivity (Wildman–Crippen MR) is 60.8 cm³/mol. The highest BCUT2D eigenvalue weighted by molar-refractivity contribution is 9.08. The molecular weight excluding hydrogens is 314 g/mol. The highest BCUT2D eigenvalue weighted by atomic mass is 79.9. The summed E-state index contributed by atoms with van der Waals surface area (Å²) in [4.78, 5) is 15.6. The third-order valence-electron chi connectivity index (χ3n) is 1.63. The first kappa shape index (κ1) is 11.7. The van der Waals surface area contributed by atoms with E-state index in [0.29, 0.717) is 16.2 Å². The van der Waals surface area contributed by atoms with Gasteiger partial charge in [-0.3, -0.25) is 4.98 Å². The lowest BCUT2D eigenvalue weighted by atomic mass is 10.2. The molecule has 0 spiro atoms. The van der Waals surface area contributed by atoms with E-state index in [0.717, 1.165) is 11.4 Å². The molecule has 0 aliphatic rings. The summed E-state index contributed by atoms with van der Waals surface area (Å²) in [5.74, 6) is -0.336. The van der Waals surface area contributed by atoms with Crippen LogP contribution in [0.15, 0.2) is 12.1 Å². The van der Waals surface area contributed by atoms with E-state index in [2.05, 4.69) is 41.6 Å². The third-order valence-corrected chi connectivity index (χ3v) is 2.78. The summed E-state index contributed by atoms with van der Waals surface area (Å²) < 4.78 is 4.64. The first-order valence-corrected chi connectivity index (χ1v) is 6.15. The van der Waals surface area contributed by atoms with Crippen molar-refractivity contribution in [3.8, 4) is 0 Å². The van der Waals surface area contributed by atoms with Gasteiger partial charge in [-0.25, -0.2) is 4.79 Å². The summed E-state index contributed by atoms with van der Waals surface area (Å²) in [5, 5.41) is 1.25. The van der Waals surface area contributed by atoms with Crippen molar-refractivity contribution in [3.05, 3.63) is 29.1 Å². The molecule has 1 rings (SSSR count). The van der Waals surface area contributed by atoms with Crippen molar-refractivity contribution in [1.82, 2.24) is 4.98 Å². The summed E-state index contributed by atoms with van der Waals surface area (Å²) in [6.45, 7) is 0. The van der Waals surface area contributed by atoms with Crippen molar-refractivity contribution in [3.63, 3.8) is 0 Å². The Morgan fingerprint density at radius 2 is 1.86 bits per heavy atom. The van der Waals surface area contributed by atoms with E-state index in [9.17, 15) is 4.79 Å². The van der Waals surface area contributed by atoms with Crippen LogP contribution in [0.4, 0.5) is 0 Å². The van der Waals surface area contributed by atoms with Crippen LogP contribution in [0, 0.1) is 0 Å². The summed E-state index contributed by atoms with van der Waals surface area (Å²) in [6, 6.07) is 3.43. The van der Waals surface area contributed by atoms with Crippen molar-refractivity contribution in [2.24, 2.45) is 0 Å². The number of halogens is 2. The smallest absolute Gasteiger partial charge is 0.337 e. The second-order valence-corrected chi connectivity index (χ2v) is 3.72. The molecule has 0 aliphatic heterocycles. The van der Waals surface area contributed by atoms with Gasteiger partial charge in [0.2, 0.25) is 0 Å². The van der Waals surface area contributed by atoms with Crippen LogP contribution in [-0.2, 0) is 15.4 Å². The van der Waals surface area contributed by atoms with Crippen LogP contribution in [0.1, 0.15) is 21.7 Å². The van der Waals surface area contributed by atoms with Crippen LogP contribution < -0.4 is 0 Å². The maximum absolute atomic E-state index is 11.3. The number of ether oxygens (including phenoxy) is 1. The number of methoxy groups -OCH3 is 1. The summed E-state index contributed by atoms with van der Waals surface area (Å²) in [6.07, 6.45) is 0. The lowest BCUT2D eigenvalue weighted by Crippen LogP contribution is -2.04. The summed E-state index contributed by atoms with van der Waals surface area (Å²) >= 11 is 6.59. The molecule has 0 N–H and O–H groups in total. The van der Waals surface area contributed by atoms with E-state index in [4.69, 9.17) is 0 Å². The lowest BCUT2D eigenvalue weighted by molar-refractivity contribution is 0.0600. The average molecular weight is 323 g/mol. The number of hydrogen-bond donors (Lipinski definition) is 0. The molecule has 0 fully saturated rings. The number of rotatable bonds is 3. The molecule has 14 heavy (non-hydrogen) atoms. The van der Waals surface area contributed by atoms with Gasteiger partial charge in [0.25, 0.3) is 0 Å². The Kier molecular flexibility index (Phi) is 4.54. The fourth-order valence-corrected chi connectivity index (χ4v) is 1.60. The van der Waals surface area contributed by atoms with Gasteiger partial charge < -0.3 is 4.74 Å². The fourth-order valence-electron chi connectivity index (χ4n) is 1.02. The maximum Gasteiger partial charge on any atom is 0.337 e. The topological polar surface area (TPSA) is 39.2 Å². The highest BCUT2D eigenvalue weighted by Gasteiger charge is 2.08. The third kappa shape index (κ3) is 2.78. The Bertz CT molecular complexity index is 319. The largest absolute Gasteiger partial charge is 0.465 e. The molecule has 0 unspecified atom stereocenters. The molecule has 1 aromatic rings. The van der Waals surface area contributed by atoms with Crippen molar-refractivity contribution in [2.75, 3.05) is 7.11 Å². The minimum absolute atomic E-state index is 0.336.